The van der Waals surface area contributed by atoms with Crippen LogP contribution in [-0.2, 0) is 11.4 Å². The highest BCUT2D eigenvalue weighted by Gasteiger charge is 2.30. The zero-order chi connectivity index (χ0) is 13.8. The average molecular weight is 263 g/mol. The van der Waals surface area contributed by atoms with Gasteiger partial charge in [-0.3, -0.25) is 9.59 Å². The molecule has 5 nitrogen and oxygen atoms in total. The molecular weight excluding hydrogens is 246 g/mol. The van der Waals surface area contributed by atoms with E-state index in [9.17, 15) is 9.59 Å². The number of rotatable bonds is 4. The molecule has 5 heteroatoms. The van der Waals surface area contributed by atoms with Crippen molar-refractivity contribution in [2.45, 2.75) is 31.9 Å². The van der Waals surface area contributed by atoms with Crippen LogP contribution in [0.5, 0.6) is 0 Å². The summed E-state index contributed by atoms with van der Waals surface area (Å²) < 4.78 is 0. The first-order valence-corrected chi connectivity index (χ1v) is 6.33. The molecule has 0 aliphatic heterocycles. The third-order valence-corrected chi connectivity index (χ3v) is 3.52. The van der Waals surface area contributed by atoms with Gasteiger partial charge in [-0.2, -0.15) is 0 Å². The third-order valence-electron chi connectivity index (χ3n) is 3.52. The number of carboxylic acids is 1. The predicted molar refractivity (Wildman–Crippen MR) is 68.6 cm³/mol. The number of carbonyl (C=O) groups excluding carboxylic acids is 1. The number of aliphatic hydroxyl groups is 1. The Balaban J connectivity index is 1.92. The lowest BCUT2D eigenvalue weighted by molar-refractivity contribution is -0.141. The topological polar surface area (TPSA) is 86.6 Å². The molecule has 0 aromatic heterocycles. The molecule has 1 aromatic rings. The van der Waals surface area contributed by atoms with Crippen molar-refractivity contribution in [2.24, 2.45) is 5.92 Å². The molecule has 0 bridgehead atoms. The summed E-state index contributed by atoms with van der Waals surface area (Å²) in [6.07, 6.45) is 1.82. The summed E-state index contributed by atoms with van der Waals surface area (Å²) in [6, 6.07) is 6.65. The summed E-state index contributed by atoms with van der Waals surface area (Å²) in [5.74, 6) is -1.33. The van der Waals surface area contributed by atoms with E-state index in [0.29, 0.717) is 24.8 Å². The van der Waals surface area contributed by atoms with Crippen molar-refractivity contribution in [3.63, 3.8) is 0 Å². The van der Waals surface area contributed by atoms with Crippen molar-refractivity contribution in [1.82, 2.24) is 5.32 Å². The second-order valence-corrected chi connectivity index (χ2v) is 4.87. The Bertz CT molecular complexity index is 469. The molecule has 2 atom stereocenters. The zero-order valence-electron chi connectivity index (χ0n) is 10.5. The SMILES string of the molecule is O=C(N[C@H]1CC[C@@H](C(=O)O)C1)c1ccc(CO)cc1. The average Bonchev–Trinajstić information content (AvgIpc) is 2.87. The number of hydrogen-bond acceptors (Lipinski definition) is 3. The summed E-state index contributed by atoms with van der Waals surface area (Å²) in [4.78, 5) is 22.8. The Kier molecular flexibility index (Phi) is 4.16. The predicted octanol–water partition coefficient (Wildman–Crippen LogP) is 1.16. The number of benzene rings is 1. The van der Waals surface area contributed by atoms with Gasteiger partial charge >= 0.3 is 5.97 Å². The van der Waals surface area contributed by atoms with Crippen molar-refractivity contribution >= 4 is 11.9 Å². The molecule has 1 aliphatic rings. The summed E-state index contributed by atoms with van der Waals surface area (Å²) >= 11 is 0. The number of hydrogen-bond donors (Lipinski definition) is 3. The number of aliphatic hydroxyl groups excluding tert-OH is 1. The van der Waals surface area contributed by atoms with Gasteiger partial charge in [0, 0.05) is 11.6 Å². The number of aliphatic carboxylic acids is 1. The maximum atomic E-state index is 12.0. The van der Waals surface area contributed by atoms with Gasteiger partial charge in [-0.25, -0.2) is 0 Å². The molecule has 1 saturated carbocycles. The van der Waals surface area contributed by atoms with Crippen LogP contribution in [-0.4, -0.2) is 28.1 Å². The quantitative estimate of drug-likeness (QED) is 0.761. The Morgan fingerprint density at radius 2 is 1.89 bits per heavy atom. The molecule has 0 heterocycles. The Hall–Kier alpha value is -1.88. The third kappa shape index (κ3) is 3.32. The molecule has 1 aromatic carbocycles. The van der Waals surface area contributed by atoms with Crippen LogP contribution in [0.15, 0.2) is 24.3 Å². The normalized spacial score (nSPS) is 22.2. The fourth-order valence-electron chi connectivity index (χ4n) is 2.37. The summed E-state index contributed by atoms with van der Waals surface area (Å²) in [5, 5.41) is 20.7. The van der Waals surface area contributed by atoms with E-state index in [0.717, 1.165) is 5.56 Å². The summed E-state index contributed by atoms with van der Waals surface area (Å²) in [7, 11) is 0. The molecule has 1 fully saturated rings. The molecule has 1 amide bonds. The van der Waals surface area contributed by atoms with Gasteiger partial charge in [0.1, 0.15) is 0 Å². The van der Waals surface area contributed by atoms with Crippen LogP contribution in [0, 0.1) is 5.92 Å². The fraction of sp³-hybridized carbons (Fsp3) is 0.429. The number of amides is 1. The molecule has 0 unspecified atom stereocenters. The van der Waals surface area contributed by atoms with E-state index in [1.165, 1.54) is 0 Å². The van der Waals surface area contributed by atoms with Gasteiger partial charge in [-0.05, 0) is 37.0 Å². The molecule has 19 heavy (non-hydrogen) atoms. The van der Waals surface area contributed by atoms with Gasteiger partial charge in [0.2, 0.25) is 0 Å². The van der Waals surface area contributed by atoms with Crippen molar-refractivity contribution < 1.29 is 19.8 Å². The van der Waals surface area contributed by atoms with Crippen molar-refractivity contribution in [3.05, 3.63) is 35.4 Å². The molecule has 3 N–H and O–H groups in total. The van der Waals surface area contributed by atoms with Gasteiger partial charge in [-0.1, -0.05) is 12.1 Å². The van der Waals surface area contributed by atoms with E-state index in [1.54, 1.807) is 24.3 Å². The standard InChI is InChI=1S/C14H17NO4/c16-8-9-1-3-10(4-2-9)13(17)15-12-6-5-11(7-12)14(18)19/h1-4,11-12,16H,5-8H2,(H,15,17)(H,18,19)/t11-,12+/m1/s1. The van der Waals surface area contributed by atoms with Gasteiger partial charge < -0.3 is 15.5 Å². The van der Waals surface area contributed by atoms with Crippen LogP contribution < -0.4 is 5.32 Å². The van der Waals surface area contributed by atoms with E-state index in [-0.39, 0.29) is 24.5 Å². The summed E-state index contributed by atoms with van der Waals surface area (Å²) in [5.41, 5.74) is 1.28. The maximum Gasteiger partial charge on any atom is 0.306 e. The molecule has 0 radical (unpaired) electrons. The van der Waals surface area contributed by atoms with E-state index < -0.39 is 5.97 Å². The maximum absolute atomic E-state index is 12.0. The van der Waals surface area contributed by atoms with Crippen molar-refractivity contribution in [2.75, 3.05) is 0 Å². The highest BCUT2D eigenvalue weighted by molar-refractivity contribution is 5.94. The summed E-state index contributed by atoms with van der Waals surface area (Å²) in [6.45, 7) is -0.0508. The Labute approximate surface area is 111 Å². The highest BCUT2D eigenvalue weighted by atomic mass is 16.4. The minimum Gasteiger partial charge on any atom is -0.481 e. The number of carbonyl (C=O) groups is 2. The first-order chi connectivity index (χ1) is 9.10. The second-order valence-electron chi connectivity index (χ2n) is 4.87. The van der Waals surface area contributed by atoms with Crippen LogP contribution in [0.1, 0.15) is 35.2 Å². The smallest absolute Gasteiger partial charge is 0.306 e. The first kappa shape index (κ1) is 13.5. The number of nitrogens with one attached hydrogen (secondary N) is 1. The van der Waals surface area contributed by atoms with E-state index in [4.69, 9.17) is 10.2 Å². The molecule has 0 spiro atoms. The zero-order valence-corrected chi connectivity index (χ0v) is 10.5. The van der Waals surface area contributed by atoms with E-state index in [2.05, 4.69) is 5.32 Å². The van der Waals surface area contributed by atoms with Gasteiger partial charge in [-0.15, -0.1) is 0 Å². The van der Waals surface area contributed by atoms with Crippen molar-refractivity contribution in [3.8, 4) is 0 Å². The first-order valence-electron chi connectivity index (χ1n) is 6.33. The van der Waals surface area contributed by atoms with Gasteiger partial charge in [0.15, 0.2) is 0 Å². The fourth-order valence-corrected chi connectivity index (χ4v) is 2.37. The molecular formula is C14H17NO4. The molecule has 102 valence electrons. The minimum absolute atomic E-state index is 0.0508. The molecule has 2 rings (SSSR count). The van der Waals surface area contributed by atoms with Crippen LogP contribution in [0.2, 0.25) is 0 Å². The van der Waals surface area contributed by atoms with Crippen LogP contribution in [0.4, 0.5) is 0 Å². The number of carboxylic acid groups (broad SMARTS) is 1. The van der Waals surface area contributed by atoms with Crippen LogP contribution in [0.25, 0.3) is 0 Å². The highest BCUT2D eigenvalue weighted by Crippen LogP contribution is 2.25. The van der Waals surface area contributed by atoms with Gasteiger partial charge in [0.25, 0.3) is 5.91 Å². The second kappa shape index (κ2) is 5.84. The van der Waals surface area contributed by atoms with E-state index >= 15 is 0 Å². The molecule has 0 saturated heterocycles. The Morgan fingerprint density at radius 1 is 1.21 bits per heavy atom. The lowest BCUT2D eigenvalue weighted by atomic mass is 10.1. The van der Waals surface area contributed by atoms with Crippen LogP contribution >= 0.6 is 0 Å². The lowest BCUT2D eigenvalue weighted by Gasteiger charge is -2.12. The minimum atomic E-state index is -0.788. The van der Waals surface area contributed by atoms with Crippen molar-refractivity contribution in [1.29, 1.82) is 0 Å². The monoisotopic (exact) mass is 263 g/mol. The van der Waals surface area contributed by atoms with Gasteiger partial charge in [0.05, 0.1) is 12.5 Å². The van der Waals surface area contributed by atoms with E-state index in [1.807, 2.05) is 0 Å². The largest absolute Gasteiger partial charge is 0.481 e. The van der Waals surface area contributed by atoms with Crippen LogP contribution in [0.3, 0.4) is 0 Å². The molecule has 1 aliphatic carbocycles. The lowest BCUT2D eigenvalue weighted by Crippen LogP contribution is -2.33. The Morgan fingerprint density at radius 3 is 2.42 bits per heavy atom.